The number of ether oxygens (including phenoxy) is 1. The zero-order chi connectivity index (χ0) is 4.41. The summed E-state index contributed by atoms with van der Waals surface area (Å²) in [6.07, 6.45) is 1.90. The van der Waals surface area contributed by atoms with Crippen LogP contribution in [0.1, 0.15) is 6.92 Å². The fourth-order valence-corrected chi connectivity index (χ4v) is 0.417. The lowest BCUT2D eigenvalue weighted by atomic mass is 10.7. The van der Waals surface area contributed by atoms with Crippen molar-refractivity contribution in [2.45, 2.75) is 13.2 Å². The Hall–Kier alpha value is -0.370. The molecule has 1 aliphatic rings. The molecule has 0 aromatic carbocycles. The first-order valence-corrected chi connectivity index (χ1v) is 2.03. The molecular weight excluding hydrogens is 78.0 g/mol. The van der Waals surface area contributed by atoms with Gasteiger partial charge in [0.25, 0.3) is 0 Å². The second-order valence-corrected chi connectivity index (χ2v) is 1.26. The molecule has 0 bridgehead atoms. The van der Waals surface area contributed by atoms with Gasteiger partial charge in [-0.25, -0.2) is 0 Å². The van der Waals surface area contributed by atoms with Crippen LogP contribution in [0, 0.1) is 0 Å². The fraction of sp³-hybridized carbons (Fsp3) is 0.750. The van der Waals surface area contributed by atoms with Crippen LogP contribution in [0.25, 0.3) is 0 Å². The van der Waals surface area contributed by atoms with Gasteiger partial charge in [-0.1, -0.05) is 0 Å². The van der Waals surface area contributed by atoms with Gasteiger partial charge in [0.05, 0.1) is 6.61 Å². The van der Waals surface area contributed by atoms with E-state index in [-0.39, 0.29) is 6.23 Å². The number of aliphatic imine (C=N–C) groups is 1. The van der Waals surface area contributed by atoms with Crippen molar-refractivity contribution >= 4 is 6.21 Å². The number of nitrogens with zero attached hydrogens (tertiary/aromatic N) is 1. The Morgan fingerprint density at radius 2 is 2.83 bits per heavy atom. The predicted octanol–water partition coefficient (Wildman–Crippen LogP) is 0.433. The summed E-state index contributed by atoms with van der Waals surface area (Å²) < 4.78 is 4.93. The molecule has 0 amide bonds. The molecule has 1 heterocycles. The molecule has 34 valence electrons. The summed E-state index contributed by atoms with van der Waals surface area (Å²) in [5.41, 5.74) is 0. The Balaban J connectivity index is 2.38. The normalized spacial score (nSPS) is 31.8. The molecule has 0 spiro atoms. The van der Waals surface area contributed by atoms with Gasteiger partial charge in [0.2, 0.25) is 0 Å². The lowest BCUT2D eigenvalue weighted by molar-refractivity contribution is 0.125. The van der Waals surface area contributed by atoms with Crippen molar-refractivity contribution in [3.05, 3.63) is 0 Å². The van der Waals surface area contributed by atoms with E-state index in [0.29, 0.717) is 6.61 Å². The first-order chi connectivity index (χ1) is 2.89. The Kier molecular flexibility index (Phi) is 0.881. The largest absolute Gasteiger partial charge is 0.351 e. The summed E-state index contributed by atoms with van der Waals surface area (Å²) >= 11 is 0. The van der Waals surface area contributed by atoms with E-state index < -0.39 is 0 Å². The highest BCUT2D eigenvalue weighted by atomic mass is 16.5. The number of hydrogen-bond donors (Lipinski definition) is 0. The van der Waals surface area contributed by atoms with E-state index in [0.717, 1.165) is 0 Å². The summed E-state index contributed by atoms with van der Waals surface area (Å²) in [6, 6.07) is 0. The van der Waals surface area contributed by atoms with Crippen LogP contribution in [-0.4, -0.2) is 19.0 Å². The van der Waals surface area contributed by atoms with Gasteiger partial charge in [0.15, 0.2) is 0 Å². The van der Waals surface area contributed by atoms with E-state index in [1.165, 1.54) is 0 Å². The molecule has 1 unspecified atom stereocenters. The molecule has 0 aromatic heterocycles. The number of hydrogen-bond acceptors (Lipinski definition) is 2. The van der Waals surface area contributed by atoms with Crippen molar-refractivity contribution in [1.29, 1.82) is 0 Å². The van der Waals surface area contributed by atoms with Crippen molar-refractivity contribution in [3.8, 4) is 0 Å². The van der Waals surface area contributed by atoms with E-state index in [2.05, 4.69) is 4.99 Å². The fourth-order valence-electron chi connectivity index (χ4n) is 0.417. The molecule has 0 radical (unpaired) electrons. The van der Waals surface area contributed by atoms with Gasteiger partial charge >= 0.3 is 0 Å². The van der Waals surface area contributed by atoms with Crippen molar-refractivity contribution in [1.82, 2.24) is 0 Å². The van der Waals surface area contributed by atoms with Crippen LogP contribution in [0.3, 0.4) is 0 Å². The standard InChI is InChI=1S/C4H7NO/c1-4-5-2-3-6-4/h2,4H,3H2,1H3. The van der Waals surface area contributed by atoms with Crippen LogP contribution >= 0.6 is 0 Å². The van der Waals surface area contributed by atoms with Gasteiger partial charge in [0, 0.05) is 6.21 Å². The first-order valence-electron chi connectivity index (χ1n) is 2.03. The van der Waals surface area contributed by atoms with Gasteiger partial charge in [-0.2, -0.15) is 0 Å². The van der Waals surface area contributed by atoms with E-state index in [9.17, 15) is 0 Å². The second-order valence-electron chi connectivity index (χ2n) is 1.26. The second kappa shape index (κ2) is 1.39. The zero-order valence-electron chi connectivity index (χ0n) is 3.72. The zero-order valence-corrected chi connectivity index (χ0v) is 3.72. The van der Waals surface area contributed by atoms with E-state index in [1.54, 1.807) is 6.21 Å². The maximum absolute atomic E-state index is 4.93. The highest BCUT2D eigenvalue weighted by molar-refractivity contribution is 5.60. The molecule has 0 aliphatic carbocycles. The molecule has 6 heavy (non-hydrogen) atoms. The third-order valence-corrected chi connectivity index (χ3v) is 0.727. The molecule has 1 rings (SSSR count). The van der Waals surface area contributed by atoms with Crippen LogP contribution in [0.4, 0.5) is 0 Å². The minimum absolute atomic E-state index is 0.116. The molecule has 0 N–H and O–H groups in total. The minimum Gasteiger partial charge on any atom is -0.351 e. The summed E-state index contributed by atoms with van der Waals surface area (Å²) in [5, 5.41) is 0. The van der Waals surface area contributed by atoms with Crippen molar-refractivity contribution < 1.29 is 4.74 Å². The van der Waals surface area contributed by atoms with Gasteiger partial charge in [-0.05, 0) is 6.92 Å². The third-order valence-electron chi connectivity index (χ3n) is 0.727. The maximum Gasteiger partial charge on any atom is 0.145 e. The molecule has 0 saturated heterocycles. The summed E-state index contributed by atoms with van der Waals surface area (Å²) in [4.78, 5) is 3.89. The van der Waals surface area contributed by atoms with Gasteiger partial charge in [0.1, 0.15) is 6.23 Å². The molecule has 1 atom stereocenters. The van der Waals surface area contributed by atoms with E-state index in [4.69, 9.17) is 4.74 Å². The highest BCUT2D eigenvalue weighted by Crippen LogP contribution is 1.94. The molecule has 1 aliphatic heterocycles. The van der Waals surface area contributed by atoms with Gasteiger partial charge in [-0.3, -0.25) is 4.99 Å². The van der Waals surface area contributed by atoms with Crippen LogP contribution in [0.5, 0.6) is 0 Å². The SMILES string of the molecule is CC1N=CCO1. The lowest BCUT2D eigenvalue weighted by Crippen LogP contribution is -1.94. The van der Waals surface area contributed by atoms with Crippen molar-refractivity contribution in [2.75, 3.05) is 6.61 Å². The van der Waals surface area contributed by atoms with Crippen LogP contribution < -0.4 is 0 Å². The average molecular weight is 85.1 g/mol. The highest BCUT2D eigenvalue weighted by Gasteiger charge is 1.99. The molecule has 2 heteroatoms. The average Bonchev–Trinajstić information content (AvgIpc) is 1.86. The Bertz CT molecular complexity index is 69.9. The van der Waals surface area contributed by atoms with Crippen molar-refractivity contribution in [2.24, 2.45) is 4.99 Å². The minimum atomic E-state index is 0.116. The number of rotatable bonds is 0. The Morgan fingerprint density at radius 3 is 3.00 bits per heavy atom. The van der Waals surface area contributed by atoms with Gasteiger partial charge in [-0.15, -0.1) is 0 Å². The van der Waals surface area contributed by atoms with Crippen LogP contribution in [-0.2, 0) is 4.74 Å². The third kappa shape index (κ3) is 0.571. The smallest absolute Gasteiger partial charge is 0.145 e. The topological polar surface area (TPSA) is 21.6 Å². The maximum atomic E-state index is 4.93. The molecule has 0 aromatic rings. The van der Waals surface area contributed by atoms with Gasteiger partial charge < -0.3 is 4.74 Å². The lowest BCUT2D eigenvalue weighted by Gasteiger charge is -1.92. The molecule has 0 saturated carbocycles. The summed E-state index contributed by atoms with van der Waals surface area (Å²) in [7, 11) is 0. The summed E-state index contributed by atoms with van der Waals surface area (Å²) in [6.45, 7) is 2.62. The van der Waals surface area contributed by atoms with E-state index >= 15 is 0 Å². The Morgan fingerprint density at radius 1 is 2.00 bits per heavy atom. The predicted molar refractivity (Wildman–Crippen MR) is 23.9 cm³/mol. The molecule has 0 fully saturated rings. The summed E-state index contributed by atoms with van der Waals surface area (Å²) in [5.74, 6) is 0. The molecule has 2 nitrogen and oxygen atoms in total. The quantitative estimate of drug-likeness (QED) is 0.418. The van der Waals surface area contributed by atoms with Crippen LogP contribution in [0.2, 0.25) is 0 Å². The van der Waals surface area contributed by atoms with E-state index in [1.807, 2.05) is 6.92 Å². The van der Waals surface area contributed by atoms with Crippen LogP contribution in [0.15, 0.2) is 4.99 Å². The van der Waals surface area contributed by atoms with Crippen molar-refractivity contribution in [3.63, 3.8) is 0 Å². The Labute approximate surface area is 36.8 Å². The molecular formula is C4H7NO. The monoisotopic (exact) mass is 85.1 g/mol. The first kappa shape index (κ1) is 3.81.